The Kier molecular flexibility index (Phi) is 5.75. The highest BCUT2D eigenvalue weighted by molar-refractivity contribution is 5.89. The summed E-state index contributed by atoms with van der Waals surface area (Å²) in [6.07, 6.45) is -0.100. The van der Waals surface area contributed by atoms with Crippen LogP contribution in [-0.4, -0.2) is 48.2 Å². The summed E-state index contributed by atoms with van der Waals surface area (Å²) >= 11 is 0. The molecule has 0 saturated carbocycles. The summed E-state index contributed by atoms with van der Waals surface area (Å²) in [5.74, 6) is 5.49. The first-order valence-corrected chi connectivity index (χ1v) is 9.88. The van der Waals surface area contributed by atoms with E-state index in [9.17, 15) is 14.9 Å². The maximum Gasteiger partial charge on any atom is 0.409 e. The Hall–Kier alpha value is -3.61. The van der Waals surface area contributed by atoms with Crippen molar-refractivity contribution in [3.63, 3.8) is 0 Å². The van der Waals surface area contributed by atoms with Crippen molar-refractivity contribution in [2.75, 3.05) is 36.5 Å². The number of benzene rings is 2. The van der Waals surface area contributed by atoms with E-state index in [0.717, 1.165) is 5.56 Å². The summed E-state index contributed by atoms with van der Waals surface area (Å²) in [6, 6.07) is 12.1. The van der Waals surface area contributed by atoms with Crippen LogP contribution in [0.4, 0.5) is 21.9 Å². The third-order valence-corrected chi connectivity index (χ3v) is 5.35. The molecular formula is C22H21N3O6. The average Bonchev–Trinajstić information content (AvgIpc) is 3.21. The predicted octanol–water partition coefficient (Wildman–Crippen LogP) is 3.43. The molecule has 2 aromatic carbocycles. The van der Waals surface area contributed by atoms with Gasteiger partial charge in [0.1, 0.15) is 5.69 Å². The SMILES string of the molecule is O=C(O)Nc1cc(N2CCC3(CC2)OCCO3)c(C#Cc2ccccc2)cc1[N+](=O)[O-]. The first-order chi connectivity index (χ1) is 15.0. The molecule has 0 unspecified atom stereocenters. The van der Waals surface area contributed by atoms with Gasteiger partial charge in [-0.25, -0.2) is 4.79 Å². The number of nitrogens with one attached hydrogen (secondary N) is 1. The minimum Gasteiger partial charge on any atom is -0.465 e. The van der Waals surface area contributed by atoms with E-state index in [0.29, 0.717) is 50.4 Å². The molecular weight excluding hydrogens is 402 g/mol. The molecule has 1 amide bonds. The molecule has 4 rings (SSSR count). The van der Waals surface area contributed by atoms with Crippen LogP contribution in [0.3, 0.4) is 0 Å². The highest BCUT2D eigenvalue weighted by Gasteiger charge is 2.40. The summed E-state index contributed by atoms with van der Waals surface area (Å²) in [7, 11) is 0. The predicted molar refractivity (Wildman–Crippen MR) is 113 cm³/mol. The van der Waals surface area contributed by atoms with Crippen molar-refractivity contribution < 1.29 is 24.3 Å². The standard InChI is InChI=1S/C22H21N3O6/c26-21(27)23-18-15-19(24-10-8-22(9-11-24)30-12-13-31-22)17(14-20(18)25(28)29)7-6-16-4-2-1-3-5-16/h1-5,14-15,23H,8-13H2,(H,26,27). The fourth-order valence-electron chi connectivity index (χ4n) is 3.84. The minimum atomic E-state index is -1.37. The molecule has 2 aliphatic rings. The van der Waals surface area contributed by atoms with Gasteiger partial charge >= 0.3 is 6.09 Å². The number of hydrogen-bond donors (Lipinski definition) is 2. The number of hydrogen-bond acceptors (Lipinski definition) is 6. The molecule has 0 aliphatic carbocycles. The minimum absolute atomic E-state index is 0.0913. The van der Waals surface area contributed by atoms with Crippen LogP contribution in [0.1, 0.15) is 24.0 Å². The third-order valence-electron chi connectivity index (χ3n) is 5.35. The number of nitrogens with zero attached hydrogens (tertiary/aromatic N) is 2. The third kappa shape index (κ3) is 4.60. The van der Waals surface area contributed by atoms with Gasteiger partial charge in [0.05, 0.1) is 29.4 Å². The van der Waals surface area contributed by atoms with E-state index in [1.807, 2.05) is 35.2 Å². The Balaban J connectivity index is 1.73. The topological polar surface area (TPSA) is 114 Å². The van der Waals surface area contributed by atoms with Crippen LogP contribution in [0.5, 0.6) is 0 Å². The first-order valence-electron chi connectivity index (χ1n) is 9.88. The van der Waals surface area contributed by atoms with Gasteiger partial charge in [0.15, 0.2) is 5.79 Å². The molecule has 0 bridgehead atoms. The molecule has 160 valence electrons. The van der Waals surface area contributed by atoms with Gasteiger partial charge in [0.2, 0.25) is 0 Å². The van der Waals surface area contributed by atoms with Crippen molar-refractivity contribution >= 4 is 23.2 Å². The molecule has 2 fully saturated rings. The summed E-state index contributed by atoms with van der Waals surface area (Å²) < 4.78 is 11.5. The lowest BCUT2D eigenvalue weighted by Gasteiger charge is -2.39. The van der Waals surface area contributed by atoms with Crippen LogP contribution < -0.4 is 10.2 Å². The van der Waals surface area contributed by atoms with Gasteiger partial charge < -0.3 is 19.5 Å². The van der Waals surface area contributed by atoms with Crippen LogP contribution in [0.2, 0.25) is 0 Å². The number of carboxylic acid groups (broad SMARTS) is 1. The van der Waals surface area contributed by atoms with Crippen LogP contribution in [0.15, 0.2) is 42.5 Å². The summed E-state index contributed by atoms with van der Waals surface area (Å²) in [6.45, 7) is 2.31. The molecule has 9 nitrogen and oxygen atoms in total. The van der Waals surface area contributed by atoms with E-state index < -0.39 is 16.8 Å². The van der Waals surface area contributed by atoms with Gasteiger partial charge in [-0.2, -0.15) is 0 Å². The maximum atomic E-state index is 11.6. The summed E-state index contributed by atoms with van der Waals surface area (Å²) in [4.78, 5) is 24.2. The lowest BCUT2D eigenvalue weighted by atomic mass is 10.0. The average molecular weight is 423 g/mol. The van der Waals surface area contributed by atoms with E-state index in [1.165, 1.54) is 12.1 Å². The van der Waals surface area contributed by atoms with Gasteiger partial charge in [0.25, 0.3) is 5.69 Å². The summed E-state index contributed by atoms with van der Waals surface area (Å²) in [5, 5.41) is 22.8. The quantitative estimate of drug-likeness (QED) is 0.442. The second kappa shape index (κ2) is 8.63. The zero-order valence-electron chi connectivity index (χ0n) is 16.7. The van der Waals surface area contributed by atoms with Crippen molar-refractivity contribution in [2.24, 2.45) is 0 Å². The van der Waals surface area contributed by atoms with Gasteiger partial charge in [0, 0.05) is 37.6 Å². The lowest BCUT2D eigenvalue weighted by molar-refractivity contribution is -0.383. The van der Waals surface area contributed by atoms with E-state index in [4.69, 9.17) is 14.6 Å². The molecule has 0 aromatic heterocycles. The molecule has 2 aliphatic heterocycles. The smallest absolute Gasteiger partial charge is 0.409 e. The number of anilines is 2. The van der Waals surface area contributed by atoms with Crippen molar-refractivity contribution in [3.8, 4) is 11.8 Å². The number of carbonyl (C=O) groups is 1. The second-order valence-corrected chi connectivity index (χ2v) is 7.28. The number of nitro groups is 1. The number of ether oxygens (including phenoxy) is 2. The lowest BCUT2D eigenvalue weighted by Crippen LogP contribution is -2.45. The number of piperidine rings is 1. The van der Waals surface area contributed by atoms with Crippen molar-refractivity contribution in [3.05, 3.63) is 63.7 Å². The van der Waals surface area contributed by atoms with E-state index in [1.54, 1.807) is 0 Å². The van der Waals surface area contributed by atoms with Gasteiger partial charge in [-0.15, -0.1) is 0 Å². The Labute approximate surface area is 178 Å². The molecule has 9 heteroatoms. The Bertz CT molecular complexity index is 1040. The molecule has 1 spiro atoms. The molecule has 31 heavy (non-hydrogen) atoms. The van der Waals surface area contributed by atoms with Gasteiger partial charge in [-0.1, -0.05) is 30.0 Å². The highest BCUT2D eigenvalue weighted by atomic mass is 16.7. The summed E-state index contributed by atoms with van der Waals surface area (Å²) in [5.41, 5.74) is 1.42. The normalized spacial score (nSPS) is 17.1. The van der Waals surface area contributed by atoms with E-state index in [2.05, 4.69) is 17.2 Å². The Morgan fingerprint density at radius 3 is 2.42 bits per heavy atom. The highest BCUT2D eigenvalue weighted by Crippen LogP contribution is 2.38. The molecule has 2 aromatic rings. The second-order valence-electron chi connectivity index (χ2n) is 7.28. The number of nitro benzene ring substituents is 1. The first kappa shape index (κ1) is 20.7. The number of rotatable bonds is 3. The van der Waals surface area contributed by atoms with E-state index >= 15 is 0 Å². The largest absolute Gasteiger partial charge is 0.465 e. The zero-order valence-corrected chi connectivity index (χ0v) is 16.7. The fourth-order valence-corrected chi connectivity index (χ4v) is 3.84. The maximum absolute atomic E-state index is 11.6. The van der Waals surface area contributed by atoms with Crippen molar-refractivity contribution in [2.45, 2.75) is 18.6 Å². The van der Waals surface area contributed by atoms with Crippen molar-refractivity contribution in [1.82, 2.24) is 0 Å². The van der Waals surface area contributed by atoms with Crippen LogP contribution in [0, 0.1) is 22.0 Å². The van der Waals surface area contributed by atoms with Gasteiger partial charge in [-0.3, -0.25) is 15.4 Å². The van der Waals surface area contributed by atoms with Gasteiger partial charge in [-0.05, 0) is 18.2 Å². The monoisotopic (exact) mass is 423 g/mol. The molecule has 2 saturated heterocycles. The zero-order chi connectivity index (χ0) is 21.8. The Morgan fingerprint density at radius 1 is 1.13 bits per heavy atom. The Morgan fingerprint density at radius 2 is 1.81 bits per heavy atom. The molecule has 0 atom stereocenters. The molecule has 2 N–H and O–H groups in total. The van der Waals surface area contributed by atoms with Crippen LogP contribution in [0.25, 0.3) is 0 Å². The van der Waals surface area contributed by atoms with Crippen molar-refractivity contribution in [1.29, 1.82) is 0 Å². The van der Waals surface area contributed by atoms with E-state index in [-0.39, 0.29) is 11.4 Å². The molecule has 0 radical (unpaired) electrons. The fraction of sp³-hybridized carbons (Fsp3) is 0.318. The molecule has 2 heterocycles. The number of amides is 1. The van der Waals surface area contributed by atoms with Crippen LogP contribution in [-0.2, 0) is 9.47 Å². The van der Waals surface area contributed by atoms with Crippen LogP contribution >= 0.6 is 0 Å².